The van der Waals surface area contributed by atoms with Gasteiger partial charge >= 0.3 is 18.0 Å². The summed E-state index contributed by atoms with van der Waals surface area (Å²) in [5.41, 5.74) is -0.608. The minimum absolute atomic E-state index is 0.148. The molecule has 3 rings (SSSR count). The number of likely N-dealkylation sites (tertiary alicyclic amines) is 1. The van der Waals surface area contributed by atoms with Crippen molar-refractivity contribution in [2.24, 2.45) is 0 Å². The first kappa shape index (κ1) is 42.9. The molecule has 1 saturated heterocycles. The molecule has 0 bridgehead atoms. The van der Waals surface area contributed by atoms with Crippen molar-refractivity contribution in [3.05, 3.63) is 64.7 Å². The molecule has 1 aliphatic heterocycles. The molecule has 0 aliphatic carbocycles. The van der Waals surface area contributed by atoms with Crippen LogP contribution in [0.5, 0.6) is 5.75 Å². The number of carbonyl (C=O) groups is 5. The molecule has 1 heterocycles. The number of benzene rings is 2. The molecule has 2 aromatic carbocycles. The van der Waals surface area contributed by atoms with Gasteiger partial charge in [0, 0.05) is 24.2 Å². The van der Waals surface area contributed by atoms with Crippen molar-refractivity contribution < 1.29 is 72.6 Å². The number of hydrogen-bond acceptors (Lipinski definition) is 9. The molecule has 1 aliphatic rings. The van der Waals surface area contributed by atoms with Crippen molar-refractivity contribution in [1.82, 2.24) is 20.9 Å². The molecule has 22 heteroatoms. The molecule has 13 nitrogen and oxygen atoms in total. The maximum absolute atomic E-state index is 15.1. The Labute approximate surface area is 302 Å². The van der Waals surface area contributed by atoms with Crippen molar-refractivity contribution >= 4 is 50.9 Å². The van der Waals surface area contributed by atoms with Gasteiger partial charge in [-0.15, -0.1) is 0 Å². The van der Waals surface area contributed by atoms with E-state index < -0.39 is 119 Å². The van der Waals surface area contributed by atoms with Crippen LogP contribution in [-0.4, -0.2) is 113 Å². The summed E-state index contributed by atoms with van der Waals surface area (Å²) in [4.78, 5) is 64.2. The summed E-state index contributed by atoms with van der Waals surface area (Å²) < 4.78 is 133. The average molecular weight is 805 g/mol. The van der Waals surface area contributed by atoms with Crippen LogP contribution in [0, 0.1) is 0 Å². The van der Waals surface area contributed by atoms with E-state index in [2.05, 4.69) is 0 Å². The van der Waals surface area contributed by atoms with Gasteiger partial charge in [-0.2, -0.15) is 30.7 Å². The van der Waals surface area contributed by atoms with Gasteiger partial charge in [-0.05, 0) is 36.2 Å². The summed E-state index contributed by atoms with van der Waals surface area (Å²) in [6.45, 7) is -5.45. The van der Waals surface area contributed by atoms with Gasteiger partial charge in [-0.3, -0.25) is 24.0 Å². The summed E-state index contributed by atoms with van der Waals surface area (Å²) in [6, 6.07) is 5.91. The highest BCUT2D eigenvalue weighted by atomic mass is 35.5. The highest BCUT2D eigenvalue weighted by molar-refractivity contribution is 7.91. The first-order chi connectivity index (χ1) is 24.5. The molecule has 0 spiro atoms. The third-order valence-electron chi connectivity index (χ3n) is 7.80. The Morgan fingerprint density at radius 1 is 0.943 bits per heavy atom. The first-order valence-electron chi connectivity index (χ1n) is 15.2. The zero-order valence-electron chi connectivity index (χ0n) is 27.6. The quantitative estimate of drug-likeness (QED) is 0.170. The fourth-order valence-electron chi connectivity index (χ4n) is 5.04. The van der Waals surface area contributed by atoms with Crippen molar-refractivity contribution in [2.45, 2.75) is 47.5 Å². The van der Waals surface area contributed by atoms with Crippen LogP contribution in [0.2, 0.25) is 5.02 Å². The molecule has 53 heavy (non-hydrogen) atoms. The predicted octanol–water partition coefficient (Wildman–Crippen LogP) is 2.16. The molecular weight excluding hydrogens is 773 g/mol. The number of rotatable bonds is 16. The Hall–Kier alpha value is -4.50. The van der Waals surface area contributed by atoms with Crippen molar-refractivity contribution in [3.63, 3.8) is 0 Å². The predicted molar refractivity (Wildman–Crippen MR) is 171 cm³/mol. The lowest BCUT2D eigenvalue weighted by Crippen LogP contribution is -2.57. The molecule has 0 unspecified atom stereocenters. The molecule has 4 amide bonds. The van der Waals surface area contributed by atoms with E-state index in [-0.39, 0.29) is 10.6 Å². The minimum Gasteiger partial charge on any atom is -0.497 e. The monoisotopic (exact) mass is 804 g/mol. The standard InChI is InChI=1S/C31H32ClF7N4O9S/c1-51-14-22(42-28(48)30(36,37)18-4-3-5-19(32)10-18)26(46)43-13-21(53(49,50)15-17-6-8-20(52-2)9-7-17)11-23(43)25(45)40-12-24(44)31(38,39)27(47)41-16-29(33,34)35/h3-10,21-23H,11-16H2,1-2H3,(H,40,45)(H,41,47)(H,42,48)/t21-,22+,23+/m1/s1. The highest BCUT2D eigenvalue weighted by Crippen LogP contribution is 2.31. The number of alkyl halides is 7. The second-order valence-corrected chi connectivity index (χ2v) is 14.3. The molecule has 2 aromatic rings. The topological polar surface area (TPSA) is 177 Å². The van der Waals surface area contributed by atoms with Crippen LogP contribution in [0.1, 0.15) is 17.5 Å². The van der Waals surface area contributed by atoms with Crippen LogP contribution in [0.25, 0.3) is 0 Å². The van der Waals surface area contributed by atoms with Crippen LogP contribution in [0.15, 0.2) is 48.5 Å². The third kappa shape index (κ3) is 11.0. The maximum atomic E-state index is 15.1. The lowest BCUT2D eigenvalue weighted by atomic mass is 10.1. The molecule has 3 N–H and O–H groups in total. The number of ether oxygens (including phenoxy) is 2. The molecule has 0 saturated carbocycles. The first-order valence-corrected chi connectivity index (χ1v) is 17.3. The lowest BCUT2D eigenvalue weighted by molar-refractivity contribution is -0.163. The Bertz CT molecular complexity index is 1800. The van der Waals surface area contributed by atoms with Crippen molar-refractivity contribution in [2.75, 3.05) is 40.5 Å². The van der Waals surface area contributed by atoms with E-state index >= 15 is 8.78 Å². The Morgan fingerprint density at radius 2 is 1.58 bits per heavy atom. The van der Waals surface area contributed by atoms with Crippen LogP contribution in [-0.2, 0) is 50.2 Å². The van der Waals surface area contributed by atoms with Crippen molar-refractivity contribution in [3.8, 4) is 5.75 Å². The number of carbonyl (C=O) groups excluding carboxylic acids is 5. The fourth-order valence-corrected chi connectivity index (χ4v) is 6.99. The molecule has 0 radical (unpaired) electrons. The van der Waals surface area contributed by atoms with E-state index in [1.165, 1.54) is 37.4 Å². The SMILES string of the molecule is COC[C@H](NC(=O)C(F)(F)c1cccc(Cl)c1)C(=O)N1C[C@H](S(=O)(=O)Cc2ccc(OC)cc2)C[C@H]1C(=O)NCC(=O)C(F)(F)C(=O)NCC(F)(F)F. The van der Waals surface area contributed by atoms with E-state index in [9.17, 15) is 54.3 Å². The fraction of sp³-hybridized carbons (Fsp3) is 0.452. The second kappa shape index (κ2) is 17.1. The normalized spacial score (nSPS) is 17.1. The number of amides is 4. The number of Topliss-reactive ketones (excluding diaryl/α,β-unsaturated/α-hetero) is 1. The zero-order chi connectivity index (χ0) is 39.9. The number of methoxy groups -OCH3 is 2. The smallest absolute Gasteiger partial charge is 0.405 e. The van der Waals surface area contributed by atoms with Crippen LogP contribution in [0.3, 0.4) is 0 Å². The Morgan fingerprint density at radius 3 is 2.15 bits per heavy atom. The molecule has 3 atom stereocenters. The van der Waals surface area contributed by atoms with Gasteiger partial charge in [0.25, 0.3) is 11.8 Å². The Balaban J connectivity index is 1.89. The van der Waals surface area contributed by atoms with Gasteiger partial charge < -0.3 is 30.3 Å². The van der Waals surface area contributed by atoms with Crippen LogP contribution < -0.4 is 20.7 Å². The van der Waals surface area contributed by atoms with Gasteiger partial charge in [-0.25, -0.2) is 8.42 Å². The number of halogens is 8. The van der Waals surface area contributed by atoms with E-state index in [1.807, 2.05) is 0 Å². The van der Waals surface area contributed by atoms with Gasteiger partial charge in [0.2, 0.25) is 17.6 Å². The summed E-state index contributed by atoms with van der Waals surface area (Å²) in [6.07, 6.45) is -5.82. The van der Waals surface area contributed by atoms with Crippen molar-refractivity contribution in [1.29, 1.82) is 0 Å². The second-order valence-electron chi connectivity index (χ2n) is 11.6. The minimum atomic E-state index is -5.10. The van der Waals surface area contributed by atoms with Gasteiger partial charge in [-0.1, -0.05) is 35.9 Å². The molecule has 0 aromatic heterocycles. The number of hydrogen-bond donors (Lipinski definition) is 3. The van der Waals surface area contributed by atoms with Gasteiger partial charge in [0.05, 0.1) is 31.3 Å². The van der Waals surface area contributed by atoms with Crippen LogP contribution >= 0.6 is 11.6 Å². The van der Waals surface area contributed by atoms with E-state index in [4.69, 9.17) is 21.1 Å². The maximum Gasteiger partial charge on any atom is 0.405 e. The summed E-state index contributed by atoms with van der Waals surface area (Å²) in [5.74, 6) is -19.3. The number of ketones is 1. The summed E-state index contributed by atoms with van der Waals surface area (Å²) >= 11 is 5.76. The average Bonchev–Trinajstić information content (AvgIpc) is 3.55. The number of sulfone groups is 1. The lowest BCUT2D eigenvalue weighted by Gasteiger charge is -2.29. The van der Waals surface area contributed by atoms with E-state index in [0.717, 1.165) is 30.6 Å². The summed E-state index contributed by atoms with van der Waals surface area (Å²) in [7, 11) is -1.88. The van der Waals surface area contributed by atoms with Crippen LogP contribution in [0.4, 0.5) is 30.7 Å². The van der Waals surface area contributed by atoms with E-state index in [1.54, 1.807) is 10.6 Å². The molecular formula is C31H32ClF7N4O9S. The molecule has 1 fully saturated rings. The zero-order valence-corrected chi connectivity index (χ0v) is 29.2. The highest BCUT2D eigenvalue weighted by Gasteiger charge is 2.50. The van der Waals surface area contributed by atoms with Gasteiger partial charge in [0.1, 0.15) is 24.4 Å². The third-order valence-corrected chi connectivity index (χ3v) is 10.1. The van der Waals surface area contributed by atoms with Gasteiger partial charge in [0.15, 0.2) is 9.84 Å². The Kier molecular flexibility index (Phi) is 13.8. The number of nitrogens with one attached hydrogen (secondary N) is 3. The van der Waals surface area contributed by atoms with E-state index in [0.29, 0.717) is 10.6 Å². The summed E-state index contributed by atoms with van der Waals surface area (Å²) in [5, 5.41) is 2.66. The molecule has 292 valence electrons. The largest absolute Gasteiger partial charge is 0.497 e. The number of nitrogens with zero attached hydrogens (tertiary/aromatic N) is 1.